The van der Waals surface area contributed by atoms with Gasteiger partial charge in [-0.2, -0.15) is 0 Å². The van der Waals surface area contributed by atoms with Gasteiger partial charge < -0.3 is 14.8 Å². The first kappa shape index (κ1) is 13.3. The van der Waals surface area contributed by atoms with E-state index in [1.807, 2.05) is 0 Å². The number of ether oxygens (including phenoxy) is 2. The van der Waals surface area contributed by atoms with Gasteiger partial charge in [0.25, 0.3) is 0 Å². The van der Waals surface area contributed by atoms with Gasteiger partial charge >= 0.3 is 5.97 Å². The molecule has 0 aromatic heterocycles. The van der Waals surface area contributed by atoms with Crippen LogP contribution in [-0.4, -0.2) is 26.1 Å². The lowest BCUT2D eigenvalue weighted by Crippen LogP contribution is -2.11. The van der Waals surface area contributed by atoms with Crippen molar-refractivity contribution >= 4 is 29.2 Å². The van der Waals surface area contributed by atoms with Crippen LogP contribution in [0, 0.1) is 0 Å². The highest BCUT2D eigenvalue weighted by molar-refractivity contribution is 6.31. The number of anilines is 1. The number of esters is 1. The summed E-state index contributed by atoms with van der Waals surface area (Å²) in [6.45, 7) is 1.35. The first-order chi connectivity index (χ1) is 7.99. The number of carbonyl (C=O) groups excluding carboxylic acids is 2. The van der Waals surface area contributed by atoms with Crippen molar-refractivity contribution in [2.75, 3.05) is 19.5 Å². The molecule has 6 heteroatoms. The van der Waals surface area contributed by atoms with Crippen molar-refractivity contribution in [3.8, 4) is 5.75 Å². The fourth-order valence-electron chi connectivity index (χ4n) is 1.36. The SMILES string of the molecule is COC(=O)c1cc(Cl)cc(NC(C)=O)c1OC. The summed E-state index contributed by atoms with van der Waals surface area (Å²) in [5.41, 5.74) is 0.485. The Morgan fingerprint density at radius 3 is 2.41 bits per heavy atom. The van der Waals surface area contributed by atoms with E-state index in [0.29, 0.717) is 10.7 Å². The molecular weight excluding hydrogens is 246 g/mol. The van der Waals surface area contributed by atoms with Crippen molar-refractivity contribution in [2.24, 2.45) is 0 Å². The highest BCUT2D eigenvalue weighted by atomic mass is 35.5. The number of methoxy groups -OCH3 is 2. The maximum absolute atomic E-state index is 11.5. The number of carbonyl (C=O) groups is 2. The van der Waals surface area contributed by atoms with E-state index < -0.39 is 5.97 Å². The van der Waals surface area contributed by atoms with Crippen molar-refractivity contribution in [2.45, 2.75) is 6.92 Å². The average Bonchev–Trinajstić information content (AvgIpc) is 2.26. The highest BCUT2D eigenvalue weighted by Crippen LogP contribution is 2.33. The zero-order chi connectivity index (χ0) is 13.0. The van der Waals surface area contributed by atoms with Crippen LogP contribution in [0.1, 0.15) is 17.3 Å². The maximum Gasteiger partial charge on any atom is 0.341 e. The van der Waals surface area contributed by atoms with E-state index in [1.54, 1.807) is 0 Å². The van der Waals surface area contributed by atoms with Crippen molar-refractivity contribution in [1.82, 2.24) is 0 Å². The Kier molecular flexibility index (Phi) is 4.34. The Bertz CT molecular complexity index is 459. The molecule has 0 aliphatic heterocycles. The van der Waals surface area contributed by atoms with Crippen LogP contribution in [0.25, 0.3) is 0 Å². The molecule has 0 fully saturated rings. The van der Waals surface area contributed by atoms with Gasteiger partial charge in [0.2, 0.25) is 5.91 Å². The van der Waals surface area contributed by atoms with Gasteiger partial charge in [0.1, 0.15) is 5.56 Å². The summed E-state index contributed by atoms with van der Waals surface area (Å²) in [6.07, 6.45) is 0. The first-order valence-corrected chi connectivity index (χ1v) is 5.10. The molecule has 0 spiro atoms. The largest absolute Gasteiger partial charge is 0.494 e. The van der Waals surface area contributed by atoms with Crippen molar-refractivity contribution in [3.05, 3.63) is 22.7 Å². The average molecular weight is 258 g/mol. The summed E-state index contributed by atoms with van der Waals surface area (Å²) in [5.74, 6) is -0.659. The third kappa shape index (κ3) is 3.10. The Labute approximate surface area is 104 Å². The molecule has 0 atom stereocenters. The molecule has 0 heterocycles. The summed E-state index contributed by atoms with van der Waals surface area (Å²) in [5, 5.41) is 2.83. The summed E-state index contributed by atoms with van der Waals surface area (Å²) in [6, 6.07) is 2.91. The predicted molar refractivity (Wildman–Crippen MR) is 63.6 cm³/mol. The van der Waals surface area contributed by atoms with E-state index >= 15 is 0 Å². The number of hydrogen-bond acceptors (Lipinski definition) is 4. The zero-order valence-electron chi connectivity index (χ0n) is 9.67. The van der Waals surface area contributed by atoms with Crippen LogP contribution in [-0.2, 0) is 9.53 Å². The number of hydrogen-bond donors (Lipinski definition) is 1. The van der Waals surface area contributed by atoms with E-state index in [2.05, 4.69) is 10.1 Å². The van der Waals surface area contributed by atoms with Crippen LogP contribution < -0.4 is 10.1 Å². The number of halogens is 1. The maximum atomic E-state index is 11.5. The summed E-state index contributed by atoms with van der Waals surface area (Å²) in [7, 11) is 2.64. The number of amides is 1. The lowest BCUT2D eigenvalue weighted by atomic mass is 10.1. The number of benzene rings is 1. The van der Waals surface area contributed by atoms with Crippen LogP contribution in [0.5, 0.6) is 5.75 Å². The Morgan fingerprint density at radius 2 is 1.94 bits per heavy atom. The van der Waals surface area contributed by atoms with Gasteiger partial charge in [0.15, 0.2) is 5.75 Å². The Morgan fingerprint density at radius 1 is 1.29 bits per heavy atom. The second kappa shape index (κ2) is 5.54. The minimum absolute atomic E-state index is 0.159. The minimum Gasteiger partial charge on any atom is -0.494 e. The zero-order valence-corrected chi connectivity index (χ0v) is 10.4. The molecule has 0 unspecified atom stereocenters. The fourth-order valence-corrected chi connectivity index (χ4v) is 1.58. The van der Waals surface area contributed by atoms with Crippen molar-refractivity contribution < 1.29 is 19.1 Å². The van der Waals surface area contributed by atoms with Gasteiger partial charge in [-0.25, -0.2) is 4.79 Å². The molecule has 17 heavy (non-hydrogen) atoms. The molecule has 0 saturated heterocycles. The molecule has 92 valence electrons. The Hall–Kier alpha value is -1.75. The van der Waals surface area contributed by atoms with E-state index in [4.69, 9.17) is 16.3 Å². The topological polar surface area (TPSA) is 64.6 Å². The smallest absolute Gasteiger partial charge is 0.341 e. The van der Waals surface area contributed by atoms with E-state index in [-0.39, 0.29) is 17.2 Å². The fraction of sp³-hybridized carbons (Fsp3) is 0.273. The second-order valence-electron chi connectivity index (χ2n) is 3.21. The second-order valence-corrected chi connectivity index (χ2v) is 3.64. The molecular formula is C11H12ClNO4. The molecule has 1 amide bonds. The Balaban J connectivity index is 3.34. The molecule has 0 saturated carbocycles. The monoisotopic (exact) mass is 257 g/mol. The lowest BCUT2D eigenvalue weighted by molar-refractivity contribution is -0.114. The van der Waals surface area contributed by atoms with Crippen LogP contribution in [0.15, 0.2) is 12.1 Å². The summed E-state index contributed by atoms with van der Waals surface area (Å²) in [4.78, 5) is 22.5. The predicted octanol–water partition coefficient (Wildman–Crippen LogP) is 2.09. The van der Waals surface area contributed by atoms with Crippen molar-refractivity contribution in [1.29, 1.82) is 0 Å². The van der Waals surface area contributed by atoms with E-state index in [0.717, 1.165) is 0 Å². The minimum atomic E-state index is -0.587. The van der Waals surface area contributed by atoms with Crippen molar-refractivity contribution in [3.63, 3.8) is 0 Å². The third-order valence-electron chi connectivity index (χ3n) is 1.97. The highest BCUT2D eigenvalue weighted by Gasteiger charge is 2.18. The van der Waals surface area contributed by atoms with E-state index in [1.165, 1.54) is 33.3 Å². The normalized spacial score (nSPS) is 9.65. The van der Waals surface area contributed by atoms with Gasteiger partial charge in [-0.05, 0) is 12.1 Å². The summed E-state index contributed by atoms with van der Waals surface area (Å²) < 4.78 is 9.68. The quantitative estimate of drug-likeness (QED) is 0.842. The van der Waals surface area contributed by atoms with Crippen LogP contribution in [0.4, 0.5) is 5.69 Å². The van der Waals surface area contributed by atoms with Crippen LogP contribution >= 0.6 is 11.6 Å². The van der Waals surface area contributed by atoms with Gasteiger partial charge in [0.05, 0.1) is 19.9 Å². The first-order valence-electron chi connectivity index (χ1n) is 4.73. The molecule has 0 aliphatic carbocycles. The molecule has 1 rings (SSSR count). The standard InChI is InChI=1S/C11H12ClNO4/c1-6(14)13-9-5-7(12)4-8(10(9)16-2)11(15)17-3/h4-5H,1-3H3,(H,13,14). The molecule has 0 radical (unpaired) electrons. The lowest BCUT2D eigenvalue weighted by Gasteiger charge is -2.13. The molecule has 1 aromatic carbocycles. The van der Waals surface area contributed by atoms with Crippen LogP contribution in [0.2, 0.25) is 5.02 Å². The molecule has 5 nitrogen and oxygen atoms in total. The van der Waals surface area contributed by atoms with Gasteiger partial charge in [0, 0.05) is 11.9 Å². The van der Waals surface area contributed by atoms with Gasteiger partial charge in [-0.1, -0.05) is 11.6 Å². The molecule has 1 N–H and O–H groups in total. The molecule has 1 aromatic rings. The third-order valence-corrected chi connectivity index (χ3v) is 2.19. The number of rotatable bonds is 3. The molecule has 0 aliphatic rings. The summed E-state index contributed by atoms with van der Waals surface area (Å²) >= 11 is 5.85. The molecule has 0 bridgehead atoms. The van der Waals surface area contributed by atoms with E-state index in [9.17, 15) is 9.59 Å². The number of nitrogens with one attached hydrogen (secondary N) is 1. The van der Waals surface area contributed by atoms with Gasteiger partial charge in [-0.3, -0.25) is 4.79 Å². The van der Waals surface area contributed by atoms with Gasteiger partial charge in [-0.15, -0.1) is 0 Å². The van der Waals surface area contributed by atoms with Crippen LogP contribution in [0.3, 0.4) is 0 Å².